The minimum Gasteiger partial charge on any atom is -0.372 e. The van der Waals surface area contributed by atoms with Crippen LogP contribution in [0.3, 0.4) is 0 Å². The first-order valence-corrected chi connectivity index (χ1v) is 5.37. The molecule has 0 radical (unpaired) electrons. The topological polar surface area (TPSA) is 41.6 Å². The lowest BCUT2D eigenvalue weighted by Crippen LogP contribution is -2.59. The lowest BCUT2D eigenvalue weighted by Gasteiger charge is -2.37. The van der Waals surface area contributed by atoms with Crippen molar-refractivity contribution in [3.63, 3.8) is 0 Å². The van der Waals surface area contributed by atoms with Crippen LogP contribution in [0.5, 0.6) is 0 Å². The summed E-state index contributed by atoms with van der Waals surface area (Å²) < 4.78 is 5.23. The van der Waals surface area contributed by atoms with Gasteiger partial charge >= 0.3 is 0 Å². The number of hydrogen-bond acceptors (Lipinski definition) is 3. The van der Waals surface area contributed by atoms with E-state index in [-0.39, 0.29) is 12.5 Å². The van der Waals surface area contributed by atoms with Gasteiger partial charge < -0.3 is 15.0 Å². The normalized spacial score (nSPS) is 16.4. The number of rotatable bonds is 6. The van der Waals surface area contributed by atoms with E-state index in [2.05, 4.69) is 5.32 Å². The smallest absolute Gasteiger partial charge is 0.248 e. The van der Waals surface area contributed by atoms with Gasteiger partial charge in [-0.25, -0.2) is 0 Å². The zero-order valence-electron chi connectivity index (χ0n) is 9.08. The highest BCUT2D eigenvalue weighted by Gasteiger charge is 2.26. The van der Waals surface area contributed by atoms with E-state index in [1.807, 2.05) is 18.7 Å². The molecule has 14 heavy (non-hydrogen) atoms. The van der Waals surface area contributed by atoms with Crippen molar-refractivity contribution in [3.8, 4) is 0 Å². The zero-order chi connectivity index (χ0) is 10.4. The molecule has 1 N–H and O–H groups in total. The van der Waals surface area contributed by atoms with Gasteiger partial charge in [-0.3, -0.25) is 4.79 Å². The molecule has 1 fully saturated rings. The molecule has 4 heteroatoms. The Morgan fingerprint density at radius 3 is 2.64 bits per heavy atom. The number of nitrogens with zero attached hydrogens (tertiary/aromatic N) is 1. The molecule has 0 spiro atoms. The monoisotopic (exact) mass is 200 g/mol. The van der Waals surface area contributed by atoms with Crippen LogP contribution in [0.15, 0.2) is 0 Å². The first-order valence-electron chi connectivity index (χ1n) is 5.37. The summed E-state index contributed by atoms with van der Waals surface area (Å²) >= 11 is 0. The van der Waals surface area contributed by atoms with E-state index in [1.54, 1.807) is 0 Å². The van der Waals surface area contributed by atoms with Crippen LogP contribution >= 0.6 is 0 Å². The highest BCUT2D eigenvalue weighted by Crippen LogP contribution is 2.05. The fourth-order valence-corrected chi connectivity index (χ4v) is 1.52. The van der Waals surface area contributed by atoms with Crippen LogP contribution in [0.1, 0.15) is 20.3 Å². The van der Waals surface area contributed by atoms with E-state index >= 15 is 0 Å². The van der Waals surface area contributed by atoms with E-state index < -0.39 is 0 Å². The van der Waals surface area contributed by atoms with Crippen molar-refractivity contribution in [2.75, 3.05) is 32.8 Å². The van der Waals surface area contributed by atoms with Crippen LogP contribution in [0.2, 0.25) is 0 Å². The summed E-state index contributed by atoms with van der Waals surface area (Å²) in [6.07, 6.45) is 0.963. The number of carbonyl (C=O) groups is 1. The molecular formula is C10H20N2O2. The Morgan fingerprint density at radius 2 is 2.21 bits per heavy atom. The van der Waals surface area contributed by atoms with Gasteiger partial charge in [-0.05, 0) is 13.3 Å². The molecule has 1 saturated heterocycles. The van der Waals surface area contributed by atoms with Crippen molar-refractivity contribution in [2.45, 2.75) is 26.3 Å². The molecular weight excluding hydrogens is 180 g/mol. The Morgan fingerprint density at radius 1 is 1.50 bits per heavy atom. The van der Waals surface area contributed by atoms with Gasteiger partial charge in [-0.1, -0.05) is 6.92 Å². The Hall–Kier alpha value is -0.610. The summed E-state index contributed by atoms with van der Waals surface area (Å²) in [7, 11) is 0. The van der Waals surface area contributed by atoms with Gasteiger partial charge in [0.2, 0.25) is 5.91 Å². The Kier molecular flexibility index (Phi) is 4.90. The Labute approximate surface area is 85.6 Å². The number of hydrogen-bond donors (Lipinski definition) is 1. The SMILES string of the molecule is CCCOCC(=O)N(CC)C1CNC1. The standard InChI is InChI=1S/C10H20N2O2/c1-3-5-14-8-10(13)12(4-2)9-6-11-7-9/h9,11H,3-8H2,1-2H3. The number of nitrogens with one attached hydrogen (secondary N) is 1. The predicted molar refractivity (Wildman–Crippen MR) is 55.2 cm³/mol. The molecule has 4 nitrogen and oxygen atoms in total. The largest absolute Gasteiger partial charge is 0.372 e. The third kappa shape index (κ3) is 2.96. The van der Waals surface area contributed by atoms with E-state index in [9.17, 15) is 4.79 Å². The third-order valence-electron chi connectivity index (χ3n) is 2.44. The molecule has 0 aromatic rings. The minimum absolute atomic E-state index is 0.118. The van der Waals surface area contributed by atoms with Crippen molar-refractivity contribution < 1.29 is 9.53 Å². The summed E-state index contributed by atoms with van der Waals surface area (Å²) in [5, 5.41) is 3.16. The molecule has 1 heterocycles. The molecule has 1 aliphatic heterocycles. The number of carbonyl (C=O) groups excluding carboxylic acids is 1. The van der Waals surface area contributed by atoms with Crippen LogP contribution in [-0.2, 0) is 9.53 Å². The molecule has 1 aliphatic rings. The van der Waals surface area contributed by atoms with E-state index in [0.29, 0.717) is 12.6 Å². The van der Waals surface area contributed by atoms with Gasteiger partial charge in [-0.15, -0.1) is 0 Å². The fraction of sp³-hybridized carbons (Fsp3) is 0.900. The first-order chi connectivity index (χ1) is 6.79. The number of amides is 1. The minimum atomic E-state index is 0.118. The van der Waals surface area contributed by atoms with Crippen molar-refractivity contribution in [3.05, 3.63) is 0 Å². The molecule has 0 aliphatic carbocycles. The molecule has 82 valence electrons. The number of likely N-dealkylation sites (N-methyl/N-ethyl adjacent to an activating group) is 1. The summed E-state index contributed by atoms with van der Waals surface area (Å²) in [6.45, 7) is 7.58. The van der Waals surface area contributed by atoms with Crippen molar-refractivity contribution in [2.24, 2.45) is 0 Å². The Balaban J connectivity index is 2.24. The summed E-state index contributed by atoms with van der Waals surface area (Å²) in [5.41, 5.74) is 0. The molecule has 1 amide bonds. The van der Waals surface area contributed by atoms with Crippen LogP contribution in [-0.4, -0.2) is 49.7 Å². The van der Waals surface area contributed by atoms with Crippen LogP contribution < -0.4 is 5.32 Å². The van der Waals surface area contributed by atoms with E-state index in [0.717, 1.165) is 26.1 Å². The lowest BCUT2D eigenvalue weighted by molar-refractivity contribution is -0.139. The van der Waals surface area contributed by atoms with Crippen molar-refractivity contribution in [1.29, 1.82) is 0 Å². The lowest BCUT2D eigenvalue weighted by atomic mass is 10.1. The van der Waals surface area contributed by atoms with Gasteiger partial charge in [0.05, 0.1) is 6.04 Å². The van der Waals surface area contributed by atoms with Gasteiger partial charge in [0.15, 0.2) is 0 Å². The second-order valence-electron chi connectivity index (χ2n) is 3.54. The van der Waals surface area contributed by atoms with Crippen LogP contribution in [0.25, 0.3) is 0 Å². The second kappa shape index (κ2) is 5.98. The maximum Gasteiger partial charge on any atom is 0.248 e. The molecule has 0 saturated carbocycles. The summed E-state index contributed by atoms with van der Waals surface area (Å²) in [5.74, 6) is 0.118. The Bertz CT molecular complexity index is 181. The molecule has 0 atom stereocenters. The highest BCUT2D eigenvalue weighted by atomic mass is 16.5. The van der Waals surface area contributed by atoms with E-state index in [4.69, 9.17) is 4.74 Å². The van der Waals surface area contributed by atoms with Gasteiger partial charge in [-0.2, -0.15) is 0 Å². The molecule has 0 aromatic heterocycles. The molecule has 0 unspecified atom stereocenters. The van der Waals surface area contributed by atoms with Crippen molar-refractivity contribution in [1.82, 2.24) is 10.2 Å². The third-order valence-corrected chi connectivity index (χ3v) is 2.44. The van der Waals surface area contributed by atoms with Crippen LogP contribution in [0.4, 0.5) is 0 Å². The highest BCUT2D eigenvalue weighted by molar-refractivity contribution is 5.77. The average molecular weight is 200 g/mol. The van der Waals surface area contributed by atoms with Gasteiger partial charge in [0, 0.05) is 26.2 Å². The average Bonchev–Trinajstić information content (AvgIpc) is 2.11. The fourth-order valence-electron chi connectivity index (χ4n) is 1.52. The second-order valence-corrected chi connectivity index (χ2v) is 3.54. The van der Waals surface area contributed by atoms with Crippen molar-refractivity contribution >= 4 is 5.91 Å². The maximum atomic E-state index is 11.7. The van der Waals surface area contributed by atoms with E-state index in [1.165, 1.54) is 0 Å². The predicted octanol–water partition coefficient (Wildman–Crippen LogP) is 0.233. The quantitative estimate of drug-likeness (QED) is 0.624. The van der Waals surface area contributed by atoms with Gasteiger partial charge in [0.25, 0.3) is 0 Å². The maximum absolute atomic E-state index is 11.7. The molecule has 1 rings (SSSR count). The summed E-state index contributed by atoms with van der Waals surface area (Å²) in [6, 6.07) is 0.387. The first kappa shape index (κ1) is 11.5. The van der Waals surface area contributed by atoms with Crippen LogP contribution in [0, 0.1) is 0 Å². The number of ether oxygens (including phenoxy) is 1. The summed E-state index contributed by atoms with van der Waals surface area (Å²) in [4.78, 5) is 13.6. The molecule has 0 aromatic carbocycles. The zero-order valence-corrected chi connectivity index (χ0v) is 9.08. The van der Waals surface area contributed by atoms with Gasteiger partial charge in [0.1, 0.15) is 6.61 Å². The molecule has 0 bridgehead atoms.